The van der Waals surface area contributed by atoms with Crippen molar-refractivity contribution in [2.75, 3.05) is 0 Å². The highest BCUT2D eigenvalue weighted by molar-refractivity contribution is 5.98. The molecule has 9 aromatic rings. The molecule has 0 amide bonds. The molecule has 0 unspecified atom stereocenters. The van der Waals surface area contributed by atoms with E-state index < -0.39 is 19.1 Å². The van der Waals surface area contributed by atoms with Gasteiger partial charge in [0.25, 0.3) is 0 Å². The Morgan fingerprint density at radius 1 is 0.492 bits per heavy atom. The van der Waals surface area contributed by atoms with Gasteiger partial charge in [-0.15, -0.1) is 0 Å². The Morgan fingerprint density at radius 2 is 1.11 bits per heavy atom. The highest BCUT2D eigenvalue weighted by atomic mass is 16.3. The molecule has 312 valence electrons. The number of rotatable bonds is 8. The predicted molar refractivity (Wildman–Crippen MR) is 264 cm³/mol. The molecule has 0 aliphatic carbocycles. The van der Waals surface area contributed by atoms with Crippen LogP contribution in [-0.2, 0) is 10.8 Å². The van der Waals surface area contributed by atoms with Gasteiger partial charge in [0.05, 0.1) is 28.0 Å². The second kappa shape index (κ2) is 16.0. The van der Waals surface area contributed by atoms with Gasteiger partial charge in [-0.25, -0.2) is 4.98 Å². The molecule has 4 heteroatoms. The molecule has 4 nitrogen and oxygen atoms in total. The number of hydrogen-bond acceptors (Lipinski definition) is 3. The smallest absolute Gasteiger partial charge is 0.149 e. The molecular formula is C59H55N3O. The number of aromatic nitrogens is 3. The van der Waals surface area contributed by atoms with E-state index >= 15 is 0 Å². The maximum Gasteiger partial charge on any atom is 0.149 e. The van der Waals surface area contributed by atoms with Crippen molar-refractivity contribution in [3.05, 3.63) is 193 Å². The first kappa shape index (κ1) is 34.5. The summed E-state index contributed by atoms with van der Waals surface area (Å²) in [6.45, 7) is 7.22. The summed E-state index contributed by atoms with van der Waals surface area (Å²) in [4.78, 5) is 10.3. The van der Waals surface area contributed by atoms with Gasteiger partial charge >= 0.3 is 0 Å². The molecular weight excluding hydrogens is 767 g/mol. The van der Waals surface area contributed by atoms with Gasteiger partial charge in [0.15, 0.2) is 0 Å². The van der Waals surface area contributed by atoms with E-state index in [2.05, 4.69) is 130 Å². The van der Waals surface area contributed by atoms with Crippen molar-refractivity contribution in [1.29, 1.82) is 0 Å². The first-order chi connectivity index (χ1) is 32.7. The van der Waals surface area contributed by atoms with E-state index in [9.17, 15) is 5.11 Å². The number of nitrogens with zero attached hydrogens (tertiary/aromatic N) is 3. The lowest BCUT2D eigenvalue weighted by Crippen LogP contribution is -2.34. The van der Waals surface area contributed by atoms with Crippen molar-refractivity contribution in [3.8, 4) is 78.6 Å². The van der Waals surface area contributed by atoms with Gasteiger partial charge in [0.1, 0.15) is 11.6 Å². The first-order valence-corrected chi connectivity index (χ1v) is 21.5. The third-order valence-corrected chi connectivity index (χ3v) is 13.0. The zero-order chi connectivity index (χ0) is 49.1. The Hall–Kier alpha value is -7.04. The van der Waals surface area contributed by atoms with Crippen molar-refractivity contribution < 1.29 is 13.3 Å². The fourth-order valence-electron chi connectivity index (χ4n) is 8.31. The average Bonchev–Trinajstić information content (AvgIpc) is 3.72. The highest BCUT2D eigenvalue weighted by Crippen LogP contribution is 2.45. The van der Waals surface area contributed by atoms with Crippen molar-refractivity contribution in [2.24, 2.45) is 5.41 Å². The van der Waals surface area contributed by atoms with E-state index in [1.807, 2.05) is 54.6 Å². The van der Waals surface area contributed by atoms with Gasteiger partial charge in [0.2, 0.25) is 0 Å². The predicted octanol–water partition coefficient (Wildman–Crippen LogP) is 15.7. The van der Waals surface area contributed by atoms with Gasteiger partial charge in [0, 0.05) is 31.1 Å². The number of aromatic hydroxyl groups is 1. The van der Waals surface area contributed by atoms with Gasteiger partial charge < -0.3 is 5.11 Å². The van der Waals surface area contributed by atoms with Crippen LogP contribution in [0, 0.1) is 5.41 Å². The summed E-state index contributed by atoms with van der Waals surface area (Å²) in [5, 5.41) is 11.5. The van der Waals surface area contributed by atoms with Crippen molar-refractivity contribution in [3.63, 3.8) is 0 Å². The Bertz CT molecular complexity index is 3320. The van der Waals surface area contributed by atoms with Crippen LogP contribution in [0.25, 0.3) is 83.9 Å². The second-order valence-electron chi connectivity index (χ2n) is 18.2. The number of pyridine rings is 1. The van der Waals surface area contributed by atoms with E-state index in [1.165, 1.54) is 12.5 Å². The second-order valence-corrected chi connectivity index (χ2v) is 18.2. The summed E-state index contributed by atoms with van der Waals surface area (Å²) in [7, 11) is 0. The number of imidazole rings is 1. The Kier molecular flexibility index (Phi) is 8.78. The van der Waals surface area contributed by atoms with E-state index in [-0.39, 0.29) is 22.1 Å². The standard InChI is InChI=1S/C59H55N3O/c1-57(2,3)46-28-26-40(27-29-46)42-32-33-60-51(37-42)45-35-43(39-18-11-9-12-19-39)34-44(36-45)48-23-17-24-53-55(48)61-56(49-22-15-16-25-54(49)63)62(53)52-31-30-47(59(7,8)58(4,5)6)38-50(52)41-20-13-10-14-21-41/h9-38,63H,1-8H3/i1D3,2D3. The molecule has 0 bridgehead atoms. The van der Waals surface area contributed by atoms with Crippen LogP contribution in [0.4, 0.5) is 0 Å². The maximum absolute atomic E-state index is 11.5. The molecule has 63 heavy (non-hydrogen) atoms. The van der Waals surface area contributed by atoms with Crippen LogP contribution in [0.15, 0.2) is 182 Å². The van der Waals surface area contributed by atoms with Crippen molar-refractivity contribution >= 4 is 11.0 Å². The fourth-order valence-corrected chi connectivity index (χ4v) is 8.31. The molecule has 0 saturated carbocycles. The minimum atomic E-state index is -2.75. The van der Waals surface area contributed by atoms with E-state index in [0.717, 1.165) is 66.8 Å². The summed E-state index contributed by atoms with van der Waals surface area (Å²) >= 11 is 0. The SMILES string of the molecule is [2H]C([2H])([2H])C(C)(c1ccc(-c2ccnc(-c3cc(-c4ccccc4)cc(-c4cccc5c4nc(-c4ccccc4O)n5-c4ccc(C(C)(C)C(C)(C)C)cc4-c4ccccc4)c3)c2)cc1)C([2H])([2H])[2H]. The third kappa shape index (κ3) is 7.87. The van der Waals surface area contributed by atoms with Crippen molar-refractivity contribution in [2.45, 2.75) is 66.1 Å². The molecule has 0 fully saturated rings. The summed E-state index contributed by atoms with van der Waals surface area (Å²) < 4.78 is 51.1. The van der Waals surface area contributed by atoms with Gasteiger partial charge in [-0.1, -0.05) is 171 Å². The Labute approximate surface area is 381 Å². The molecule has 7 aromatic carbocycles. The van der Waals surface area contributed by atoms with Crippen LogP contribution in [0.2, 0.25) is 0 Å². The molecule has 2 aromatic heterocycles. The normalized spacial score (nSPS) is 14.0. The monoisotopic (exact) mass is 827 g/mol. The van der Waals surface area contributed by atoms with Crippen LogP contribution < -0.4 is 0 Å². The largest absolute Gasteiger partial charge is 0.507 e. The van der Waals surface area contributed by atoms with E-state index in [1.54, 1.807) is 36.5 Å². The van der Waals surface area contributed by atoms with E-state index in [4.69, 9.17) is 18.2 Å². The molecule has 0 aliphatic heterocycles. The zero-order valence-corrected chi connectivity index (χ0v) is 36.6. The molecule has 1 N–H and O–H groups in total. The maximum atomic E-state index is 11.5. The minimum Gasteiger partial charge on any atom is -0.507 e. The topological polar surface area (TPSA) is 50.9 Å². The molecule has 0 saturated heterocycles. The van der Waals surface area contributed by atoms with Crippen LogP contribution in [0.3, 0.4) is 0 Å². The zero-order valence-electron chi connectivity index (χ0n) is 42.6. The number of phenolic OH excluding ortho intramolecular Hbond substituents is 1. The van der Waals surface area contributed by atoms with Crippen LogP contribution in [-0.4, -0.2) is 19.6 Å². The van der Waals surface area contributed by atoms with E-state index in [0.29, 0.717) is 17.1 Å². The highest BCUT2D eigenvalue weighted by Gasteiger charge is 2.35. The number of para-hydroxylation sites is 2. The molecule has 0 radical (unpaired) electrons. The first-order valence-electron chi connectivity index (χ1n) is 24.5. The molecule has 0 aliphatic rings. The van der Waals surface area contributed by atoms with Gasteiger partial charge in [-0.05, 0) is 121 Å². The molecule has 9 rings (SSSR count). The average molecular weight is 828 g/mol. The lowest BCUT2D eigenvalue weighted by Gasteiger charge is -2.40. The fraction of sp³-hybridized carbons (Fsp3) is 0.186. The number of phenols is 1. The Balaban J connectivity index is 1.24. The number of benzene rings is 7. The van der Waals surface area contributed by atoms with Gasteiger partial charge in [-0.2, -0.15) is 0 Å². The van der Waals surface area contributed by atoms with Crippen molar-refractivity contribution in [1.82, 2.24) is 14.5 Å². The molecule has 0 spiro atoms. The quantitative estimate of drug-likeness (QED) is 0.166. The molecule has 0 atom stereocenters. The number of fused-ring (bicyclic) bond motifs is 1. The summed E-state index contributed by atoms with van der Waals surface area (Å²) in [6, 6.07) is 58.1. The van der Waals surface area contributed by atoms with Crippen LogP contribution in [0.1, 0.15) is 74.6 Å². The summed E-state index contributed by atoms with van der Waals surface area (Å²) in [5.41, 5.74) is 11.5. The number of hydrogen-bond donors (Lipinski definition) is 1. The molecule has 2 heterocycles. The third-order valence-electron chi connectivity index (χ3n) is 13.0. The Morgan fingerprint density at radius 3 is 1.81 bits per heavy atom. The summed E-state index contributed by atoms with van der Waals surface area (Å²) in [5.74, 6) is 0.730. The lowest BCUT2D eigenvalue weighted by atomic mass is 9.65. The van der Waals surface area contributed by atoms with Crippen LogP contribution >= 0.6 is 0 Å². The minimum absolute atomic E-state index is 0.0238. The lowest BCUT2D eigenvalue weighted by molar-refractivity contribution is 0.225. The van der Waals surface area contributed by atoms with Crippen LogP contribution in [0.5, 0.6) is 5.75 Å². The van der Waals surface area contributed by atoms with Gasteiger partial charge in [-0.3, -0.25) is 9.55 Å². The summed E-state index contributed by atoms with van der Waals surface area (Å²) in [6.07, 6.45) is 1.75.